The van der Waals surface area contributed by atoms with E-state index in [2.05, 4.69) is 0 Å². The Kier molecular flexibility index (Phi) is 8.08. The number of aliphatic carboxylic acids is 1. The second kappa shape index (κ2) is 11.4. The average molecular weight is 467 g/mol. The first-order valence-corrected chi connectivity index (χ1v) is 11.9. The Balaban J connectivity index is 1.59. The zero-order valence-corrected chi connectivity index (χ0v) is 19.2. The summed E-state index contributed by atoms with van der Waals surface area (Å²) in [5.41, 5.74) is 4.30. The van der Waals surface area contributed by atoms with E-state index in [-0.39, 0.29) is 19.0 Å². The first-order chi connectivity index (χ1) is 16.5. The van der Waals surface area contributed by atoms with Crippen LogP contribution in [0.1, 0.15) is 31.4 Å². The molecule has 0 amide bonds. The molecular weight excluding hydrogens is 435 g/mol. The average Bonchev–Trinajstić information content (AvgIpc) is 3.19. The van der Waals surface area contributed by atoms with Crippen molar-refractivity contribution in [2.24, 2.45) is 11.8 Å². The molecule has 1 heterocycles. The van der Waals surface area contributed by atoms with Crippen LogP contribution >= 0.6 is 0 Å². The van der Waals surface area contributed by atoms with Gasteiger partial charge < -0.3 is 14.9 Å². The molecule has 1 saturated carbocycles. The van der Waals surface area contributed by atoms with Crippen molar-refractivity contribution in [3.8, 4) is 22.4 Å². The second-order valence-corrected chi connectivity index (χ2v) is 9.00. The Morgan fingerprint density at radius 2 is 1.74 bits per heavy atom. The Morgan fingerprint density at radius 3 is 2.41 bits per heavy atom. The van der Waals surface area contributed by atoms with Crippen LogP contribution in [-0.2, 0) is 22.5 Å². The zero-order valence-electron chi connectivity index (χ0n) is 19.2. The number of hydrogen-bond donors (Lipinski definition) is 2. The van der Waals surface area contributed by atoms with Crippen LogP contribution in [0.3, 0.4) is 0 Å². The highest BCUT2D eigenvalue weighted by Crippen LogP contribution is 2.37. The number of carboxylic acids is 1. The van der Waals surface area contributed by atoms with Gasteiger partial charge in [0.1, 0.15) is 18.1 Å². The van der Waals surface area contributed by atoms with Crippen molar-refractivity contribution in [2.45, 2.75) is 38.6 Å². The largest absolute Gasteiger partial charge is 0.480 e. The molecule has 2 N–H and O–H groups in total. The van der Waals surface area contributed by atoms with E-state index < -0.39 is 5.97 Å². The lowest BCUT2D eigenvalue weighted by atomic mass is 9.82. The van der Waals surface area contributed by atoms with Crippen molar-refractivity contribution in [3.63, 3.8) is 0 Å². The lowest BCUT2D eigenvalue weighted by molar-refractivity contribution is -0.142. The molecule has 0 aliphatic heterocycles. The summed E-state index contributed by atoms with van der Waals surface area (Å²) >= 11 is 0. The van der Waals surface area contributed by atoms with E-state index in [1.165, 1.54) is 12.1 Å². The number of carboxylic acid groups (broad SMARTS) is 1. The molecule has 0 bridgehead atoms. The molecule has 0 atom stereocenters. The summed E-state index contributed by atoms with van der Waals surface area (Å²) in [6, 6.07) is 16.4. The van der Waals surface area contributed by atoms with Crippen LogP contribution in [-0.4, -0.2) is 45.8 Å². The number of carbonyl (C=O) groups is 1. The molecule has 2 aromatic carbocycles. The van der Waals surface area contributed by atoms with E-state index in [4.69, 9.17) is 14.9 Å². The van der Waals surface area contributed by atoms with Gasteiger partial charge in [0, 0.05) is 36.4 Å². The minimum atomic E-state index is -0.938. The highest BCUT2D eigenvalue weighted by molar-refractivity contribution is 5.82. The van der Waals surface area contributed by atoms with Gasteiger partial charge >= 0.3 is 5.97 Å². The van der Waals surface area contributed by atoms with Crippen molar-refractivity contribution in [2.75, 3.05) is 19.8 Å². The van der Waals surface area contributed by atoms with Gasteiger partial charge in [-0.1, -0.05) is 42.5 Å². The van der Waals surface area contributed by atoms with Gasteiger partial charge in [0.25, 0.3) is 0 Å². The van der Waals surface area contributed by atoms with Gasteiger partial charge in [-0.2, -0.15) is 5.10 Å². The maximum absolute atomic E-state index is 14.1. The third-order valence-electron chi connectivity index (χ3n) is 6.54. The topological polar surface area (TPSA) is 84.6 Å². The summed E-state index contributed by atoms with van der Waals surface area (Å²) in [6.45, 7) is 0.949. The predicted octanol–water partition coefficient (Wildman–Crippen LogP) is 4.80. The van der Waals surface area contributed by atoms with Gasteiger partial charge in [0.2, 0.25) is 0 Å². The Bertz CT molecular complexity index is 1090. The predicted molar refractivity (Wildman–Crippen MR) is 128 cm³/mol. The van der Waals surface area contributed by atoms with Crippen molar-refractivity contribution in [1.29, 1.82) is 0 Å². The summed E-state index contributed by atoms with van der Waals surface area (Å²) in [5, 5.41) is 23.6. The number of rotatable bonds is 10. The van der Waals surface area contributed by atoms with E-state index in [0.717, 1.165) is 60.3 Å². The molecule has 6 nitrogen and oxygen atoms in total. The van der Waals surface area contributed by atoms with Crippen molar-refractivity contribution in [3.05, 3.63) is 66.1 Å². The van der Waals surface area contributed by atoms with Gasteiger partial charge in [-0.3, -0.25) is 4.68 Å². The summed E-state index contributed by atoms with van der Waals surface area (Å²) < 4.78 is 21.4. The monoisotopic (exact) mass is 466 g/mol. The number of hydrogen-bond acceptors (Lipinski definition) is 4. The van der Waals surface area contributed by atoms with Gasteiger partial charge in [-0.05, 0) is 55.2 Å². The SMILES string of the molecule is O=C(O)COC[C@H]1CC[C@@H](Cn2nc(-c3ccccc3)c(-c3cccc(F)c3)c2CCO)CC1. The molecule has 1 fully saturated rings. The van der Waals surface area contributed by atoms with Gasteiger partial charge in [0.15, 0.2) is 0 Å². The lowest BCUT2D eigenvalue weighted by Crippen LogP contribution is -2.24. The van der Waals surface area contributed by atoms with Gasteiger partial charge in [-0.15, -0.1) is 0 Å². The fourth-order valence-corrected chi connectivity index (χ4v) is 4.89. The molecule has 34 heavy (non-hydrogen) atoms. The molecule has 0 spiro atoms. The Morgan fingerprint density at radius 1 is 1.03 bits per heavy atom. The van der Waals surface area contributed by atoms with Crippen LogP contribution in [0.5, 0.6) is 0 Å². The van der Waals surface area contributed by atoms with Gasteiger partial charge in [-0.25, -0.2) is 9.18 Å². The van der Waals surface area contributed by atoms with E-state index >= 15 is 0 Å². The maximum Gasteiger partial charge on any atom is 0.329 e. The Labute approximate surface area is 199 Å². The van der Waals surface area contributed by atoms with Crippen molar-refractivity contribution in [1.82, 2.24) is 9.78 Å². The molecule has 7 heteroatoms. The zero-order chi connectivity index (χ0) is 23.9. The molecule has 3 aromatic rings. The summed E-state index contributed by atoms with van der Waals surface area (Å²) in [4.78, 5) is 10.7. The molecular formula is C27H31FN2O4. The van der Waals surface area contributed by atoms with E-state index in [1.54, 1.807) is 6.07 Å². The number of benzene rings is 2. The fourth-order valence-electron chi connectivity index (χ4n) is 4.89. The minimum Gasteiger partial charge on any atom is -0.480 e. The van der Waals surface area contributed by atoms with Crippen LogP contribution in [0.15, 0.2) is 54.6 Å². The van der Waals surface area contributed by atoms with Crippen LogP contribution < -0.4 is 0 Å². The van der Waals surface area contributed by atoms with Crippen LogP contribution in [0.2, 0.25) is 0 Å². The first kappa shape index (κ1) is 24.1. The third kappa shape index (κ3) is 5.90. The van der Waals surface area contributed by atoms with Crippen LogP contribution in [0.4, 0.5) is 4.39 Å². The van der Waals surface area contributed by atoms with Crippen molar-refractivity contribution < 1.29 is 24.1 Å². The molecule has 180 valence electrons. The molecule has 0 saturated heterocycles. The Hall–Kier alpha value is -3.03. The highest BCUT2D eigenvalue weighted by Gasteiger charge is 2.26. The number of nitrogens with zero attached hydrogens (tertiary/aromatic N) is 2. The van der Waals surface area contributed by atoms with E-state index in [1.807, 2.05) is 41.1 Å². The number of aromatic nitrogens is 2. The quantitative estimate of drug-likeness (QED) is 0.448. The number of aliphatic hydroxyl groups excluding tert-OH is 1. The summed E-state index contributed by atoms with van der Waals surface area (Å²) in [5.74, 6) is -0.431. The van der Waals surface area contributed by atoms with E-state index in [0.29, 0.717) is 24.9 Å². The van der Waals surface area contributed by atoms with Crippen LogP contribution in [0, 0.1) is 17.7 Å². The molecule has 0 radical (unpaired) electrons. The van der Waals surface area contributed by atoms with Crippen molar-refractivity contribution >= 4 is 5.97 Å². The minimum absolute atomic E-state index is 0.0180. The number of halogens is 1. The molecule has 1 aliphatic carbocycles. The molecule has 4 rings (SSSR count). The smallest absolute Gasteiger partial charge is 0.329 e. The third-order valence-corrected chi connectivity index (χ3v) is 6.54. The second-order valence-electron chi connectivity index (χ2n) is 9.00. The molecule has 1 aliphatic rings. The number of ether oxygens (including phenoxy) is 1. The first-order valence-electron chi connectivity index (χ1n) is 11.9. The standard InChI is InChI=1S/C27H31FN2O4/c28-23-8-4-7-22(15-23)26-24(13-14-31)30(29-27(26)21-5-2-1-3-6-21)16-19-9-11-20(12-10-19)17-34-18-25(32)33/h1-8,15,19-20,31H,9-14,16-18H2,(H,32,33)/t19-,20+. The van der Waals surface area contributed by atoms with Gasteiger partial charge in [0.05, 0.1) is 6.61 Å². The lowest BCUT2D eigenvalue weighted by Gasteiger charge is -2.28. The molecule has 1 aromatic heterocycles. The van der Waals surface area contributed by atoms with E-state index in [9.17, 15) is 14.3 Å². The molecule has 0 unspecified atom stereocenters. The highest BCUT2D eigenvalue weighted by atomic mass is 19.1. The number of aliphatic hydroxyl groups is 1. The summed E-state index contributed by atoms with van der Waals surface area (Å²) in [7, 11) is 0. The van der Waals surface area contributed by atoms with Crippen LogP contribution in [0.25, 0.3) is 22.4 Å². The maximum atomic E-state index is 14.1. The summed E-state index contributed by atoms with van der Waals surface area (Å²) in [6.07, 6.45) is 4.43. The normalized spacial score (nSPS) is 18.2. The fraction of sp³-hybridized carbons (Fsp3) is 0.407.